The average molecular weight is 701 g/mol. The highest BCUT2D eigenvalue weighted by molar-refractivity contribution is 6.10. The molecular formula is C46H40N2O5. The molecule has 0 aliphatic rings. The quantitative estimate of drug-likeness (QED) is 0.105. The van der Waals surface area contributed by atoms with Crippen molar-refractivity contribution in [3.05, 3.63) is 191 Å². The molecule has 0 saturated carbocycles. The van der Waals surface area contributed by atoms with Crippen LogP contribution in [0.1, 0.15) is 61.1 Å². The molecule has 0 radical (unpaired) electrons. The zero-order valence-corrected chi connectivity index (χ0v) is 30.2. The molecule has 0 fully saturated rings. The molecule has 6 aromatic carbocycles. The van der Waals surface area contributed by atoms with Gasteiger partial charge in [-0.1, -0.05) is 137 Å². The van der Waals surface area contributed by atoms with E-state index < -0.39 is 12.2 Å². The summed E-state index contributed by atoms with van der Waals surface area (Å²) in [5.74, 6) is 0.568. The van der Waals surface area contributed by atoms with Gasteiger partial charge in [0.1, 0.15) is 11.5 Å². The zero-order valence-electron chi connectivity index (χ0n) is 30.2. The Kier molecular flexibility index (Phi) is 10.8. The van der Waals surface area contributed by atoms with Gasteiger partial charge in [-0.3, -0.25) is 0 Å². The second kappa shape index (κ2) is 15.8. The molecular weight excluding hydrogens is 661 g/mol. The molecule has 0 aliphatic heterocycles. The molecule has 0 aromatic heterocycles. The van der Waals surface area contributed by atoms with Gasteiger partial charge in [0.2, 0.25) is 6.08 Å². The van der Waals surface area contributed by atoms with Crippen LogP contribution >= 0.6 is 0 Å². The number of isocyanates is 1. The minimum absolute atomic E-state index is 0.279. The van der Waals surface area contributed by atoms with Crippen molar-refractivity contribution in [3.8, 4) is 11.5 Å². The highest BCUT2D eigenvalue weighted by Crippen LogP contribution is 2.34. The van der Waals surface area contributed by atoms with Crippen LogP contribution in [0.25, 0.3) is 0 Å². The minimum atomic E-state index is -0.911. The van der Waals surface area contributed by atoms with E-state index in [4.69, 9.17) is 9.47 Å². The van der Waals surface area contributed by atoms with Gasteiger partial charge in [0.05, 0.1) is 11.4 Å². The SMILES string of the molecule is CC(C)(c1ccccc1)c1ccc(OC(=O)N(C(=O)Oc2ccc(C(C)(C)c3ccccc3)cc2)c2ccc(Cc3ccc(N=C=O)cc3)cc2)cc1. The highest BCUT2D eigenvalue weighted by Gasteiger charge is 2.29. The Morgan fingerprint density at radius 3 is 1.30 bits per heavy atom. The van der Waals surface area contributed by atoms with E-state index in [1.807, 2.05) is 84.9 Å². The van der Waals surface area contributed by atoms with Gasteiger partial charge in [0.25, 0.3) is 0 Å². The molecule has 7 heteroatoms. The predicted molar refractivity (Wildman–Crippen MR) is 208 cm³/mol. The van der Waals surface area contributed by atoms with Gasteiger partial charge >= 0.3 is 12.2 Å². The van der Waals surface area contributed by atoms with E-state index in [-0.39, 0.29) is 28.0 Å². The van der Waals surface area contributed by atoms with Gasteiger partial charge < -0.3 is 9.47 Å². The van der Waals surface area contributed by atoms with Gasteiger partial charge in [0.15, 0.2) is 0 Å². The molecule has 0 atom stereocenters. The highest BCUT2D eigenvalue weighted by atomic mass is 16.6. The number of hydrogen-bond donors (Lipinski definition) is 0. The van der Waals surface area contributed by atoms with Gasteiger partial charge in [-0.05, 0) is 88.3 Å². The number of rotatable bonds is 10. The second-order valence-corrected chi connectivity index (χ2v) is 13.8. The third-order valence-corrected chi connectivity index (χ3v) is 9.63. The van der Waals surface area contributed by atoms with Crippen LogP contribution in [0.4, 0.5) is 21.0 Å². The molecule has 0 heterocycles. The summed E-state index contributed by atoms with van der Waals surface area (Å²) in [7, 11) is 0. The number of benzene rings is 6. The number of amides is 2. The maximum absolute atomic E-state index is 13.8. The summed E-state index contributed by atoms with van der Waals surface area (Å²) >= 11 is 0. The van der Waals surface area contributed by atoms with Crippen LogP contribution in [-0.2, 0) is 22.0 Å². The number of anilines is 1. The van der Waals surface area contributed by atoms with Gasteiger partial charge in [-0.2, -0.15) is 9.89 Å². The molecule has 2 amide bonds. The molecule has 6 aromatic rings. The Bertz CT molecular complexity index is 2100. The molecule has 53 heavy (non-hydrogen) atoms. The molecule has 0 spiro atoms. The first-order valence-electron chi connectivity index (χ1n) is 17.4. The Morgan fingerprint density at radius 2 is 0.906 bits per heavy atom. The van der Waals surface area contributed by atoms with Crippen LogP contribution in [0.15, 0.2) is 163 Å². The number of nitrogens with zero attached hydrogens (tertiary/aromatic N) is 2. The number of carbonyl (C=O) groups is 2. The molecule has 0 unspecified atom stereocenters. The summed E-state index contributed by atoms with van der Waals surface area (Å²) in [5.41, 5.74) is 6.58. The lowest BCUT2D eigenvalue weighted by molar-refractivity contribution is 0.191. The zero-order chi connectivity index (χ0) is 37.4. The normalized spacial score (nSPS) is 11.2. The van der Waals surface area contributed by atoms with E-state index >= 15 is 0 Å². The van der Waals surface area contributed by atoms with E-state index in [1.54, 1.807) is 54.6 Å². The Hall–Kier alpha value is -6.56. The third kappa shape index (κ3) is 8.50. The second-order valence-electron chi connectivity index (χ2n) is 13.8. The predicted octanol–water partition coefficient (Wildman–Crippen LogP) is 11.1. The number of imide groups is 1. The lowest BCUT2D eigenvalue weighted by atomic mass is 9.78. The van der Waals surface area contributed by atoms with E-state index in [0.29, 0.717) is 12.1 Å². The van der Waals surface area contributed by atoms with Gasteiger partial charge in [-0.25, -0.2) is 14.4 Å². The van der Waals surface area contributed by atoms with Crippen molar-refractivity contribution in [1.82, 2.24) is 0 Å². The summed E-state index contributed by atoms with van der Waals surface area (Å²) in [6.45, 7) is 8.54. The van der Waals surface area contributed by atoms with Crippen molar-refractivity contribution in [2.75, 3.05) is 4.90 Å². The number of hydrogen-bond acceptors (Lipinski definition) is 6. The van der Waals surface area contributed by atoms with E-state index in [9.17, 15) is 14.4 Å². The molecule has 0 aliphatic carbocycles. The Labute approximate surface area is 310 Å². The fourth-order valence-electron chi connectivity index (χ4n) is 6.24. The van der Waals surface area contributed by atoms with Crippen molar-refractivity contribution in [3.63, 3.8) is 0 Å². The molecule has 0 N–H and O–H groups in total. The van der Waals surface area contributed by atoms with Crippen LogP contribution < -0.4 is 14.4 Å². The fourth-order valence-corrected chi connectivity index (χ4v) is 6.24. The van der Waals surface area contributed by atoms with Crippen LogP contribution in [0.2, 0.25) is 0 Å². The molecule has 0 bridgehead atoms. The van der Waals surface area contributed by atoms with Crippen LogP contribution in [-0.4, -0.2) is 18.3 Å². The topological polar surface area (TPSA) is 85.3 Å². The lowest BCUT2D eigenvalue weighted by Gasteiger charge is -2.26. The Balaban J connectivity index is 1.23. The first-order valence-corrected chi connectivity index (χ1v) is 17.4. The van der Waals surface area contributed by atoms with Crippen LogP contribution in [0.3, 0.4) is 0 Å². The first kappa shape index (κ1) is 36.2. The fraction of sp³-hybridized carbons (Fsp3) is 0.152. The van der Waals surface area contributed by atoms with Gasteiger partial charge in [0, 0.05) is 10.8 Å². The van der Waals surface area contributed by atoms with Crippen molar-refractivity contribution >= 4 is 29.6 Å². The smallest absolute Gasteiger partial charge is 0.410 e. The van der Waals surface area contributed by atoms with Crippen molar-refractivity contribution in [2.45, 2.75) is 44.9 Å². The molecule has 0 saturated heterocycles. The summed E-state index contributed by atoms with van der Waals surface area (Å²) in [6, 6.07) is 49.2. The van der Waals surface area contributed by atoms with Crippen molar-refractivity contribution in [1.29, 1.82) is 0 Å². The lowest BCUT2D eigenvalue weighted by Crippen LogP contribution is -2.41. The number of carbonyl (C=O) groups excluding carboxylic acids is 3. The average Bonchev–Trinajstić information content (AvgIpc) is 3.17. The summed E-state index contributed by atoms with van der Waals surface area (Å²) < 4.78 is 11.6. The number of aliphatic imine (C=N–C) groups is 1. The van der Waals surface area contributed by atoms with Crippen LogP contribution in [0.5, 0.6) is 11.5 Å². The Morgan fingerprint density at radius 1 is 0.528 bits per heavy atom. The van der Waals surface area contributed by atoms with Crippen molar-refractivity contribution < 1.29 is 23.9 Å². The molecule has 6 rings (SSSR count). The molecule has 7 nitrogen and oxygen atoms in total. The van der Waals surface area contributed by atoms with Gasteiger partial charge in [-0.15, -0.1) is 0 Å². The molecule has 264 valence electrons. The van der Waals surface area contributed by atoms with Crippen LogP contribution in [0, 0.1) is 0 Å². The number of ether oxygens (including phenoxy) is 2. The van der Waals surface area contributed by atoms with E-state index in [0.717, 1.165) is 38.3 Å². The van der Waals surface area contributed by atoms with Crippen molar-refractivity contribution in [2.24, 2.45) is 4.99 Å². The summed E-state index contributed by atoms with van der Waals surface area (Å²) in [6.07, 6.45) is 0.301. The largest absolute Gasteiger partial charge is 0.429 e. The van der Waals surface area contributed by atoms with E-state index in [1.165, 1.54) is 0 Å². The maximum atomic E-state index is 13.8. The summed E-state index contributed by atoms with van der Waals surface area (Å²) in [5, 5.41) is 0. The first-order chi connectivity index (χ1) is 25.5. The monoisotopic (exact) mass is 700 g/mol. The maximum Gasteiger partial charge on any atom is 0.429 e. The minimum Gasteiger partial charge on any atom is -0.410 e. The van der Waals surface area contributed by atoms with E-state index in [2.05, 4.69) is 57.0 Å². The standard InChI is InChI=1S/C46H40N2O5/c1-45(2,35-11-7-5-8-12-35)37-19-27-41(28-20-37)52-43(50)48(40-25-17-34(18-26-40)31-33-15-23-39(24-16-33)47-32-49)44(51)53-42-29-21-38(22-30-42)46(3,4)36-13-9-6-10-14-36/h5-30H,31H2,1-4H3. The summed E-state index contributed by atoms with van der Waals surface area (Å²) in [4.78, 5) is 42.7. The third-order valence-electron chi connectivity index (χ3n) is 9.63.